The average molecular weight is 1170 g/mol. The molecule has 0 spiro atoms. The highest BCUT2D eigenvalue weighted by Gasteiger charge is 2.47. The van der Waals surface area contributed by atoms with Crippen molar-refractivity contribution in [2.45, 2.75) is 188 Å². The van der Waals surface area contributed by atoms with E-state index in [1.807, 2.05) is 69.3 Å². The Morgan fingerprint density at radius 3 is 1.73 bits per heavy atom. The summed E-state index contributed by atoms with van der Waals surface area (Å²) in [4.78, 5) is 9.69. The van der Waals surface area contributed by atoms with Gasteiger partial charge in [0.05, 0.1) is 39.1 Å². The van der Waals surface area contributed by atoms with Crippen LogP contribution in [0.15, 0.2) is 170 Å². The number of para-hydroxylation sites is 4. The minimum atomic E-state index is -2.65. The number of anilines is 4. The van der Waals surface area contributed by atoms with Gasteiger partial charge < -0.3 is 14.5 Å². The van der Waals surface area contributed by atoms with Crippen LogP contribution >= 0.6 is 0 Å². The van der Waals surface area contributed by atoms with Crippen LogP contribution in [0.3, 0.4) is 0 Å². The predicted octanol–water partition coefficient (Wildman–Crippen LogP) is 23.1. The molecule has 1 aliphatic heterocycles. The molecule has 10 aromatic rings. The summed E-state index contributed by atoms with van der Waals surface area (Å²) in [7, 11) is 0. The largest absolute Gasteiger partial charge is 0.457 e. The van der Waals surface area contributed by atoms with Gasteiger partial charge in [-0.1, -0.05) is 221 Å². The molecular formula is C83H92N4O. The van der Waals surface area contributed by atoms with Gasteiger partial charge in [0, 0.05) is 55.6 Å². The van der Waals surface area contributed by atoms with E-state index in [0.29, 0.717) is 39.1 Å². The third-order valence-electron chi connectivity index (χ3n) is 19.7. The molecule has 5 heteroatoms. The summed E-state index contributed by atoms with van der Waals surface area (Å²) >= 11 is 0. The van der Waals surface area contributed by atoms with Crippen molar-refractivity contribution in [3.8, 4) is 50.7 Å². The van der Waals surface area contributed by atoms with Gasteiger partial charge in [0.2, 0.25) is 0 Å². The van der Waals surface area contributed by atoms with Crippen LogP contribution < -0.4 is 14.5 Å². The minimum absolute atomic E-state index is 0.0522. The number of nitrogens with zero attached hydrogens (tertiary/aromatic N) is 4. The summed E-state index contributed by atoms with van der Waals surface area (Å²) in [6, 6.07) is 36.4. The lowest BCUT2D eigenvalue weighted by Crippen LogP contribution is -2.40. The van der Waals surface area contributed by atoms with Crippen molar-refractivity contribution in [3.63, 3.8) is 0 Å². The van der Waals surface area contributed by atoms with Crippen molar-refractivity contribution in [2.24, 2.45) is 0 Å². The monoisotopic (exact) mass is 1170 g/mol. The molecular weight excluding hydrogens is 1070 g/mol. The van der Waals surface area contributed by atoms with Gasteiger partial charge in [0.1, 0.15) is 24.0 Å². The zero-order valence-electron chi connectivity index (χ0n) is 65.8. The Bertz CT molecular complexity index is 4940. The first-order valence-corrected chi connectivity index (χ1v) is 31.6. The lowest BCUT2D eigenvalue weighted by atomic mass is 9.55. The van der Waals surface area contributed by atoms with Crippen LogP contribution in [0.4, 0.5) is 22.7 Å². The molecule has 0 saturated carbocycles. The first-order valence-electron chi connectivity index (χ1n) is 37.1. The molecule has 13 rings (SSSR count). The molecule has 0 amide bonds. The minimum Gasteiger partial charge on any atom is -0.457 e. The molecule has 8 aromatic carbocycles. The zero-order valence-corrected chi connectivity index (χ0v) is 54.8. The van der Waals surface area contributed by atoms with E-state index in [0.717, 1.165) is 87.4 Å². The van der Waals surface area contributed by atoms with Gasteiger partial charge in [0.15, 0.2) is 0 Å². The molecule has 0 atom stereocenters. The number of hydrogen-bond donors (Lipinski definition) is 0. The molecule has 3 heterocycles. The molecule has 3 aliphatic rings. The van der Waals surface area contributed by atoms with Gasteiger partial charge in [0.25, 0.3) is 0 Å². The highest BCUT2D eigenvalue weighted by Crippen LogP contribution is 2.58. The number of hydrogen-bond acceptors (Lipinski definition) is 4. The van der Waals surface area contributed by atoms with Crippen LogP contribution in [-0.2, 0) is 37.9 Å². The number of aromatic nitrogens is 2. The van der Waals surface area contributed by atoms with Gasteiger partial charge >= 0.3 is 0 Å². The second-order valence-electron chi connectivity index (χ2n) is 31.0. The molecule has 0 fully saturated rings. The molecule has 88 heavy (non-hydrogen) atoms. The van der Waals surface area contributed by atoms with Crippen LogP contribution in [0.5, 0.6) is 11.5 Å². The maximum absolute atomic E-state index is 9.93. The highest BCUT2D eigenvalue weighted by molar-refractivity contribution is 6.09. The predicted molar refractivity (Wildman–Crippen MR) is 375 cm³/mol. The number of fused-ring (bicyclic) bond motifs is 6. The van der Waals surface area contributed by atoms with Crippen LogP contribution in [-0.4, -0.2) is 16.2 Å². The topological polar surface area (TPSA) is 33.5 Å². The Balaban J connectivity index is 0.962. The third kappa shape index (κ3) is 10.1. The van der Waals surface area contributed by atoms with E-state index in [2.05, 4.69) is 149 Å². The Hall–Kier alpha value is -7.89. The van der Waals surface area contributed by atoms with E-state index in [-0.39, 0.29) is 103 Å². The lowest BCUT2D eigenvalue weighted by Gasteiger charge is -2.49. The summed E-state index contributed by atoms with van der Waals surface area (Å²) in [5, 5.41) is 0.774. The van der Waals surface area contributed by atoms with E-state index in [4.69, 9.17) is 13.8 Å². The van der Waals surface area contributed by atoms with Crippen molar-refractivity contribution in [2.75, 3.05) is 16.5 Å². The van der Waals surface area contributed by atoms with Gasteiger partial charge in [-0.05, 0) is 180 Å². The summed E-state index contributed by atoms with van der Waals surface area (Å²) in [5.74, 6) is 1.05. The molecule has 450 valence electrons. The summed E-state index contributed by atoms with van der Waals surface area (Å²) in [5.41, 5.74) is 13.7. The van der Waals surface area contributed by atoms with E-state index in [9.17, 15) is 11.0 Å². The van der Waals surface area contributed by atoms with Crippen LogP contribution in [0.25, 0.3) is 61.0 Å². The van der Waals surface area contributed by atoms with Crippen molar-refractivity contribution in [3.05, 3.63) is 214 Å². The molecule has 0 unspecified atom stereocenters. The lowest BCUT2D eigenvalue weighted by molar-refractivity contribution is 0.314. The summed E-state index contributed by atoms with van der Waals surface area (Å²) < 4.78 is 112. The first kappa shape index (κ1) is 47.2. The van der Waals surface area contributed by atoms with Crippen molar-refractivity contribution in [1.82, 2.24) is 9.55 Å². The quantitative estimate of drug-likeness (QED) is 0.152. The standard InChI is InChI=1S/C83H92N4O/c1-52-42-72(84-50-65(52)73-74-66(80(11,12)38-40-82(74,15)16)49-67-75(73)83(17,18)41-39-81(67,13)14)87-68-33-20-19-30-63(68)64-37-36-60(48-71(64)87)88-59-29-24-28-58(47-59)85-51-86(70-35-22-21-34-69(70)85)76-61(53-26-23-27-55(43-53)77(2,3)4)31-25-32-62(76)54-44-56(78(5,6)7)46-57(45-54)79(8,9)10/h19-37,42-50H,38-41,51H2,1-18H3/i1D3,19D,20D,23D,26D,27D,30D,33D,43D. The second-order valence-corrected chi connectivity index (χ2v) is 31.0. The molecule has 0 radical (unpaired) electrons. The summed E-state index contributed by atoms with van der Waals surface area (Å²) in [6.45, 7) is 35.1. The average Bonchev–Trinajstić information content (AvgIpc) is 1.70. The van der Waals surface area contributed by atoms with Gasteiger partial charge in [-0.25, -0.2) is 4.98 Å². The van der Waals surface area contributed by atoms with E-state index >= 15 is 0 Å². The van der Waals surface area contributed by atoms with Crippen LogP contribution in [0.1, 0.15) is 203 Å². The van der Waals surface area contributed by atoms with Gasteiger partial charge in [-0.15, -0.1) is 0 Å². The Kier molecular flexibility index (Phi) is 11.0. The number of pyridine rings is 1. The zero-order chi connectivity index (χ0) is 71.9. The number of rotatable bonds is 8. The fraction of sp³-hybridized carbons (Fsp3) is 0.361. The van der Waals surface area contributed by atoms with Crippen molar-refractivity contribution in [1.29, 1.82) is 0 Å². The van der Waals surface area contributed by atoms with E-state index in [1.165, 1.54) is 11.1 Å². The van der Waals surface area contributed by atoms with Gasteiger partial charge in [-0.3, -0.25) is 4.57 Å². The van der Waals surface area contributed by atoms with Crippen molar-refractivity contribution < 1.29 is 19.8 Å². The SMILES string of the molecule is [2H]c1c([2H])c(-c2cccc(-c3cc(C(C)(C)C)cc(C(C)(C)C)c3)c2N2CN(c3cccc(Oc4ccc5c6c([2H])c([2H])c([2H])c([2H])c6n(-c6cc(C([2H])([2H])[2H])c(-c7c8c(cc9c7C(C)(C)CCC9(C)C)C(C)(C)CCC8(C)C)cn6)c5c4)c3)c3ccccc32)c([2H])c(C(C)(C)C)c1[2H]. The molecule has 2 aliphatic carbocycles. The molecule has 0 bridgehead atoms. The molecule has 0 saturated heterocycles. The Labute approximate surface area is 541 Å². The number of benzene rings is 8. The summed E-state index contributed by atoms with van der Waals surface area (Å²) in [6.07, 6.45) is 5.50. The fourth-order valence-corrected chi connectivity index (χ4v) is 14.2. The Morgan fingerprint density at radius 1 is 0.500 bits per heavy atom. The normalized spacial score (nSPS) is 18.8. The smallest absolute Gasteiger partial charge is 0.137 e. The molecule has 2 aromatic heterocycles. The van der Waals surface area contributed by atoms with Crippen molar-refractivity contribution >= 4 is 44.6 Å². The van der Waals surface area contributed by atoms with Gasteiger partial charge in [-0.2, -0.15) is 0 Å². The fourth-order valence-electron chi connectivity index (χ4n) is 14.2. The molecule has 0 N–H and O–H groups in total. The molecule has 5 nitrogen and oxygen atoms in total. The maximum atomic E-state index is 9.93. The van der Waals surface area contributed by atoms with E-state index < -0.39 is 24.4 Å². The third-order valence-corrected chi connectivity index (χ3v) is 19.7. The van der Waals surface area contributed by atoms with Crippen LogP contribution in [0, 0.1) is 6.85 Å². The number of ether oxygens (including phenoxy) is 1. The first-order chi connectivity index (χ1) is 45.9. The van der Waals surface area contributed by atoms with E-state index in [1.54, 1.807) is 35.0 Å². The second kappa shape index (κ2) is 20.6. The van der Waals surface area contributed by atoms with Crippen LogP contribution in [0.2, 0.25) is 0 Å². The number of aryl methyl sites for hydroxylation is 1. The maximum Gasteiger partial charge on any atom is 0.137 e. The highest BCUT2D eigenvalue weighted by atomic mass is 16.5. The Morgan fingerprint density at radius 2 is 1.09 bits per heavy atom.